The topological polar surface area (TPSA) is 306 Å². The Morgan fingerprint density at radius 2 is 1.73 bits per heavy atom. The molecule has 3 heterocycles. The lowest BCUT2D eigenvalue weighted by Crippen LogP contribution is -2.35. The lowest BCUT2D eigenvalue weighted by molar-refractivity contribution is -0.0230. The molecule has 1 aliphatic rings. The van der Waals surface area contributed by atoms with E-state index in [0.717, 1.165) is 0 Å². The third-order valence-electron chi connectivity index (χ3n) is 4.79. The smallest absolute Gasteiger partial charge is 0.387 e. The van der Waals surface area contributed by atoms with E-state index in [1.165, 1.54) is 10.9 Å². The molecule has 6 atom stereocenters. The first kappa shape index (κ1) is 29.7. The molecule has 0 amide bonds. The highest BCUT2D eigenvalue weighted by Gasteiger charge is 2.47. The number of aromatic nitrogens is 5. The van der Waals surface area contributed by atoms with Crippen LogP contribution in [0, 0.1) is 0 Å². The number of aliphatic hydroxyl groups excluding tert-OH is 2. The lowest BCUT2D eigenvalue weighted by Gasteiger charge is -2.19. The van der Waals surface area contributed by atoms with Gasteiger partial charge < -0.3 is 39.5 Å². The first-order valence-corrected chi connectivity index (χ1v) is 14.6. The van der Waals surface area contributed by atoms with Crippen molar-refractivity contribution in [2.45, 2.75) is 44.3 Å². The van der Waals surface area contributed by atoms with Crippen LogP contribution in [0.2, 0.25) is 0 Å². The van der Waals surface area contributed by atoms with Crippen molar-refractivity contribution in [3.8, 4) is 0 Å². The molecule has 37 heavy (non-hydrogen) atoms. The second-order valence-electron chi connectivity index (χ2n) is 7.51. The maximum absolute atomic E-state index is 12.6. The minimum atomic E-state index is -5.78. The quantitative estimate of drug-likeness (QED) is 0.128. The summed E-state index contributed by atoms with van der Waals surface area (Å²) in [5.74, 6) is 0. The zero-order valence-electron chi connectivity index (χ0n) is 18.5. The van der Waals surface area contributed by atoms with Gasteiger partial charge in [-0.05, 0) is 6.92 Å². The third kappa shape index (κ3) is 7.81. The normalized spacial score (nSPS) is 25.6. The maximum Gasteiger partial charge on any atom is 0.490 e. The lowest BCUT2D eigenvalue weighted by atomic mass is 9.99. The molecule has 0 bridgehead atoms. The largest absolute Gasteiger partial charge is 0.490 e. The fraction of sp³-hybridized carbons (Fsp3) is 0.571. The van der Waals surface area contributed by atoms with Crippen molar-refractivity contribution in [1.82, 2.24) is 25.0 Å². The number of phosphoric acid groups is 3. The second kappa shape index (κ2) is 11.1. The van der Waals surface area contributed by atoms with Crippen LogP contribution in [0.15, 0.2) is 15.8 Å². The van der Waals surface area contributed by atoms with Crippen molar-refractivity contribution in [2.24, 2.45) is 0 Å². The highest BCUT2D eigenvalue weighted by molar-refractivity contribution is 7.66. The highest BCUT2D eigenvalue weighted by Crippen LogP contribution is 2.66. The number of ether oxygens (including phenoxy) is 1. The number of hydrogen-bond donors (Lipinski definition) is 8. The predicted octanol–water partition coefficient (Wildman–Crippen LogP) is -2.23. The summed E-state index contributed by atoms with van der Waals surface area (Å²) in [4.78, 5) is 64.7. The van der Waals surface area contributed by atoms with Crippen molar-refractivity contribution in [1.29, 1.82) is 0 Å². The first-order valence-electron chi connectivity index (χ1n) is 10.0. The predicted molar refractivity (Wildman–Crippen MR) is 116 cm³/mol. The number of rotatable bonds is 11. The van der Waals surface area contributed by atoms with E-state index in [9.17, 15) is 43.3 Å². The van der Waals surface area contributed by atoms with Gasteiger partial charge in [0.1, 0.15) is 24.4 Å². The molecule has 0 aromatic carbocycles. The van der Waals surface area contributed by atoms with Crippen molar-refractivity contribution < 1.29 is 61.4 Å². The van der Waals surface area contributed by atoms with Crippen LogP contribution in [0.3, 0.4) is 0 Å². The van der Waals surface area contributed by atoms with Gasteiger partial charge in [0, 0.05) is 24.9 Å². The van der Waals surface area contributed by atoms with Gasteiger partial charge in [-0.2, -0.15) is 8.62 Å². The number of nitrogens with zero attached hydrogens (tertiary/aromatic N) is 3. The van der Waals surface area contributed by atoms with Gasteiger partial charge in [0.2, 0.25) is 0 Å². The molecule has 2 aromatic heterocycles. The molecule has 208 valence electrons. The minimum absolute atomic E-state index is 0.0401. The summed E-state index contributed by atoms with van der Waals surface area (Å²) in [5.41, 5.74) is -1.88. The van der Waals surface area contributed by atoms with Gasteiger partial charge in [0.15, 0.2) is 0 Å². The van der Waals surface area contributed by atoms with E-state index in [0.29, 0.717) is 12.2 Å². The van der Waals surface area contributed by atoms with Gasteiger partial charge >= 0.3 is 29.2 Å². The second-order valence-corrected chi connectivity index (χ2v) is 11.9. The Labute approximate surface area is 205 Å². The van der Waals surface area contributed by atoms with Gasteiger partial charge in [0.25, 0.3) is 5.56 Å². The molecule has 2 aromatic rings. The summed E-state index contributed by atoms with van der Waals surface area (Å²) >= 11 is 0. The van der Waals surface area contributed by atoms with E-state index in [4.69, 9.17) is 14.5 Å². The Bertz CT molecular complexity index is 1380. The molecule has 0 spiro atoms. The fourth-order valence-electron chi connectivity index (χ4n) is 3.33. The molecular formula is C14H22N5O15P3. The van der Waals surface area contributed by atoms with Crippen LogP contribution in [0.1, 0.15) is 30.0 Å². The van der Waals surface area contributed by atoms with Crippen LogP contribution in [0.4, 0.5) is 0 Å². The number of aromatic amines is 2. The molecule has 3 rings (SSSR count). The van der Waals surface area contributed by atoms with Crippen molar-refractivity contribution in [2.75, 3.05) is 6.61 Å². The molecule has 1 aliphatic heterocycles. The number of aryl methyl sites for hydroxylation is 1. The zero-order chi connectivity index (χ0) is 27.8. The van der Waals surface area contributed by atoms with E-state index in [1.54, 1.807) is 6.92 Å². The summed E-state index contributed by atoms with van der Waals surface area (Å²) in [6, 6.07) is 0. The van der Waals surface area contributed by atoms with Crippen LogP contribution in [0.25, 0.3) is 0 Å². The van der Waals surface area contributed by atoms with Crippen molar-refractivity contribution >= 4 is 23.5 Å². The van der Waals surface area contributed by atoms with Crippen molar-refractivity contribution in [3.63, 3.8) is 0 Å². The Morgan fingerprint density at radius 1 is 1.05 bits per heavy atom. The number of aliphatic hydroxyl groups is 2. The summed E-state index contributed by atoms with van der Waals surface area (Å²) in [6.45, 7) is 1.20. The Morgan fingerprint density at radius 3 is 2.32 bits per heavy atom. The zero-order valence-corrected chi connectivity index (χ0v) is 21.2. The molecule has 1 saturated heterocycles. The minimum Gasteiger partial charge on any atom is -0.387 e. The van der Waals surface area contributed by atoms with Crippen LogP contribution in [-0.4, -0.2) is 79.7 Å². The van der Waals surface area contributed by atoms with Crippen LogP contribution < -0.4 is 11.2 Å². The van der Waals surface area contributed by atoms with Crippen LogP contribution in [-0.2, 0) is 44.5 Å². The molecule has 3 unspecified atom stereocenters. The average molecular weight is 593 g/mol. The molecule has 23 heteroatoms. The van der Waals surface area contributed by atoms with E-state index in [-0.39, 0.29) is 17.7 Å². The standard InChI is InChI=1S/C14H22N5O15P3/c1-2-19-4-6(17-18-19)3-7-9(13(22)16-14(23)15-7)12-11(21)10(20)8(32-12)5-31-36(27,28)34-37(29,30)33-35(24,25)26/h4,8,10-12,20-21H,2-3,5H2,1H3,(H,27,28)(H,29,30)(H2,24,25,26)(H2,15,16,22,23)/t8-,10?,11+,12+/m1/s1. The summed E-state index contributed by atoms with van der Waals surface area (Å²) in [5, 5.41) is 28.5. The molecule has 0 radical (unpaired) electrons. The van der Waals surface area contributed by atoms with E-state index in [1.807, 2.05) is 4.98 Å². The SMILES string of the molecule is CCn1cc(Cc2[nH]c(=O)[nH]c(=O)c2[C@@H]2O[C@H](COP(=O)(O)OP(=O)(O)OP(=O)(O)O)C(O)[C@@H]2O)nn1. The van der Waals surface area contributed by atoms with Crippen LogP contribution >= 0.6 is 23.5 Å². The van der Waals surface area contributed by atoms with Gasteiger partial charge in [0.05, 0.1) is 17.9 Å². The van der Waals surface area contributed by atoms with Gasteiger partial charge in [-0.25, -0.2) is 18.5 Å². The van der Waals surface area contributed by atoms with Gasteiger partial charge in [-0.1, -0.05) is 5.21 Å². The van der Waals surface area contributed by atoms with Crippen molar-refractivity contribution in [3.05, 3.63) is 44.0 Å². The maximum atomic E-state index is 12.6. The molecule has 0 saturated carbocycles. The summed E-state index contributed by atoms with van der Waals surface area (Å²) in [7, 11) is -16.9. The average Bonchev–Trinajstić information content (AvgIpc) is 3.29. The van der Waals surface area contributed by atoms with E-state index < -0.39 is 65.7 Å². The Balaban J connectivity index is 1.78. The van der Waals surface area contributed by atoms with E-state index >= 15 is 0 Å². The Hall–Kier alpha value is -1.89. The molecule has 20 nitrogen and oxygen atoms in total. The fourth-order valence-corrected chi connectivity index (χ4v) is 6.36. The number of hydrogen-bond acceptors (Lipinski definition) is 13. The molecule has 0 aliphatic carbocycles. The molecule has 1 fully saturated rings. The monoisotopic (exact) mass is 593 g/mol. The molecule has 8 N–H and O–H groups in total. The van der Waals surface area contributed by atoms with E-state index in [2.05, 4.69) is 28.4 Å². The Kier molecular flexibility index (Phi) is 8.88. The third-order valence-corrected chi connectivity index (χ3v) is 8.60. The van der Waals surface area contributed by atoms with Crippen LogP contribution in [0.5, 0.6) is 0 Å². The molecular weight excluding hydrogens is 571 g/mol. The summed E-state index contributed by atoms with van der Waals surface area (Å²) < 4.78 is 52.5. The number of nitrogens with one attached hydrogen (secondary N) is 2. The highest BCUT2D eigenvalue weighted by atomic mass is 31.3. The number of phosphoric ester groups is 1. The van der Waals surface area contributed by atoms with Gasteiger partial charge in [-0.3, -0.25) is 19.0 Å². The summed E-state index contributed by atoms with van der Waals surface area (Å²) in [6.07, 6.45) is -5.51. The number of H-pyrrole nitrogens is 2. The van der Waals surface area contributed by atoms with Gasteiger partial charge in [-0.15, -0.1) is 5.10 Å². The first-order chi connectivity index (χ1) is 17.0.